The van der Waals surface area contributed by atoms with Gasteiger partial charge in [-0.3, -0.25) is 14.4 Å². The molecule has 2 rings (SSSR count). The molecule has 40 heavy (non-hydrogen) atoms. The zero-order chi connectivity index (χ0) is 29.4. The molecule has 1 amide bonds. The summed E-state index contributed by atoms with van der Waals surface area (Å²) in [7, 11) is 0. The van der Waals surface area contributed by atoms with E-state index in [4.69, 9.17) is 14.2 Å². The predicted octanol–water partition coefficient (Wildman–Crippen LogP) is 4.61. The molecule has 0 fully saturated rings. The highest BCUT2D eigenvalue weighted by atomic mass is 35.5. The van der Waals surface area contributed by atoms with Crippen LogP contribution in [0.4, 0.5) is 0 Å². The summed E-state index contributed by atoms with van der Waals surface area (Å²) in [6.45, 7) is 14.4. The highest BCUT2D eigenvalue weighted by Gasteiger charge is 2.29. The topological polar surface area (TPSA) is 123 Å². The van der Waals surface area contributed by atoms with Gasteiger partial charge in [0.05, 0.1) is 16.9 Å². The number of halogens is 1. The molecule has 0 aliphatic carbocycles. The van der Waals surface area contributed by atoms with Crippen molar-refractivity contribution < 1.29 is 33.7 Å². The summed E-state index contributed by atoms with van der Waals surface area (Å²) in [5.41, 5.74) is -1.64. The van der Waals surface area contributed by atoms with Crippen LogP contribution >= 0.6 is 12.4 Å². The SMILES string of the molecule is CC(C)(CNC(=O)COc1ccccc1)NCC(O)c1ccc(OC(=O)C(C)(C)C)c(OC(=O)C(C)(C)C)c1.Cl. The highest BCUT2D eigenvalue weighted by molar-refractivity contribution is 5.85. The van der Waals surface area contributed by atoms with Crippen molar-refractivity contribution in [1.82, 2.24) is 10.6 Å². The van der Waals surface area contributed by atoms with Crippen LogP contribution in [0.25, 0.3) is 0 Å². The van der Waals surface area contributed by atoms with E-state index in [0.717, 1.165) is 0 Å². The average molecular weight is 579 g/mol. The van der Waals surface area contributed by atoms with Crippen LogP contribution in [0.2, 0.25) is 0 Å². The first-order chi connectivity index (χ1) is 18.0. The normalized spacial score (nSPS) is 12.5. The fraction of sp³-hybridized carbons (Fsp3) is 0.500. The zero-order valence-electron chi connectivity index (χ0n) is 24.6. The number of hydrogen-bond acceptors (Lipinski definition) is 8. The molecule has 0 saturated heterocycles. The molecule has 2 aromatic rings. The van der Waals surface area contributed by atoms with E-state index in [0.29, 0.717) is 17.9 Å². The number of β-amino-alcohol motifs (C(OH)–C–C–N with tert-alkyl or cyclic N) is 1. The molecule has 222 valence electrons. The maximum atomic E-state index is 12.6. The molecule has 1 unspecified atom stereocenters. The number of aliphatic hydroxyl groups excluding tert-OH is 1. The Labute approximate surface area is 243 Å². The third kappa shape index (κ3) is 11.5. The van der Waals surface area contributed by atoms with Gasteiger partial charge in [-0.15, -0.1) is 12.4 Å². The van der Waals surface area contributed by atoms with E-state index in [1.807, 2.05) is 32.0 Å². The first-order valence-corrected chi connectivity index (χ1v) is 12.9. The Morgan fingerprint density at radius 3 is 1.93 bits per heavy atom. The molecule has 0 aliphatic rings. The third-order valence-electron chi connectivity index (χ3n) is 5.60. The standard InChI is InChI=1S/C30H42N2O7.ClH/c1-28(2,3)26(35)38-23-15-14-20(16-24(23)39-27(36)29(4,5)6)22(33)17-32-30(7,8)19-31-25(34)18-37-21-12-10-9-11-13-21;/h9-16,22,32-33H,17-19H2,1-8H3,(H,31,34);1H. The summed E-state index contributed by atoms with van der Waals surface area (Å²) in [4.78, 5) is 37.2. The number of rotatable bonds is 11. The minimum Gasteiger partial charge on any atom is -0.484 e. The van der Waals surface area contributed by atoms with E-state index in [-0.39, 0.29) is 43.0 Å². The van der Waals surface area contributed by atoms with Crippen LogP contribution in [0.3, 0.4) is 0 Å². The quantitative estimate of drug-likeness (QED) is 0.261. The van der Waals surface area contributed by atoms with Crippen LogP contribution < -0.4 is 24.8 Å². The molecule has 0 radical (unpaired) electrons. The van der Waals surface area contributed by atoms with Gasteiger partial charge in [0.2, 0.25) is 0 Å². The maximum absolute atomic E-state index is 12.6. The summed E-state index contributed by atoms with van der Waals surface area (Å²) in [5.74, 6) is -0.497. The Morgan fingerprint density at radius 1 is 0.825 bits per heavy atom. The van der Waals surface area contributed by atoms with Gasteiger partial charge in [-0.05, 0) is 85.2 Å². The fourth-order valence-electron chi connectivity index (χ4n) is 2.99. The van der Waals surface area contributed by atoms with Crippen molar-refractivity contribution >= 4 is 30.3 Å². The van der Waals surface area contributed by atoms with Crippen molar-refractivity contribution in [3.8, 4) is 17.2 Å². The number of carbonyl (C=O) groups excluding carboxylic acids is 3. The Hall–Kier alpha value is -3.14. The summed E-state index contributed by atoms with van der Waals surface area (Å²) < 4.78 is 16.5. The zero-order valence-corrected chi connectivity index (χ0v) is 25.4. The van der Waals surface area contributed by atoms with Gasteiger partial charge in [0.1, 0.15) is 5.75 Å². The molecule has 0 aromatic heterocycles. The monoisotopic (exact) mass is 578 g/mol. The van der Waals surface area contributed by atoms with E-state index in [9.17, 15) is 19.5 Å². The first-order valence-electron chi connectivity index (χ1n) is 12.9. The van der Waals surface area contributed by atoms with Crippen LogP contribution in [0.5, 0.6) is 17.2 Å². The largest absolute Gasteiger partial charge is 0.484 e. The number of nitrogens with one attached hydrogen (secondary N) is 2. The summed E-state index contributed by atoms with van der Waals surface area (Å²) in [6.07, 6.45) is -0.971. The smallest absolute Gasteiger partial charge is 0.316 e. The lowest BCUT2D eigenvalue weighted by Crippen LogP contribution is -2.50. The molecule has 0 heterocycles. The maximum Gasteiger partial charge on any atom is 0.316 e. The number of ether oxygens (including phenoxy) is 3. The summed E-state index contributed by atoms with van der Waals surface area (Å²) in [5, 5.41) is 16.9. The van der Waals surface area contributed by atoms with Gasteiger partial charge in [0, 0.05) is 18.6 Å². The highest BCUT2D eigenvalue weighted by Crippen LogP contribution is 2.34. The van der Waals surface area contributed by atoms with Gasteiger partial charge in [-0.2, -0.15) is 0 Å². The summed E-state index contributed by atoms with van der Waals surface area (Å²) in [6, 6.07) is 13.7. The Balaban J connectivity index is 0.00000800. The molecule has 0 bridgehead atoms. The van der Waals surface area contributed by atoms with Gasteiger partial charge in [0.15, 0.2) is 18.1 Å². The molecule has 3 N–H and O–H groups in total. The minimum absolute atomic E-state index is 0. The van der Waals surface area contributed by atoms with Gasteiger partial charge in [-0.25, -0.2) is 0 Å². The van der Waals surface area contributed by atoms with Gasteiger partial charge < -0.3 is 30.0 Å². The van der Waals surface area contributed by atoms with E-state index in [1.54, 1.807) is 59.7 Å². The molecule has 10 heteroatoms. The van der Waals surface area contributed by atoms with Crippen molar-refractivity contribution in [2.45, 2.75) is 67.0 Å². The van der Waals surface area contributed by atoms with Crippen LogP contribution in [0.15, 0.2) is 48.5 Å². The molecule has 0 aliphatic heterocycles. The molecule has 2 aromatic carbocycles. The second-order valence-corrected chi connectivity index (χ2v) is 12.1. The molecule has 0 spiro atoms. The molecule has 1 atom stereocenters. The van der Waals surface area contributed by atoms with E-state index >= 15 is 0 Å². The molecular formula is C30H43ClN2O7. The van der Waals surface area contributed by atoms with Gasteiger partial charge in [-0.1, -0.05) is 24.3 Å². The Bertz CT molecular complexity index is 1140. The van der Waals surface area contributed by atoms with Crippen LogP contribution in [-0.4, -0.2) is 48.2 Å². The third-order valence-corrected chi connectivity index (χ3v) is 5.60. The van der Waals surface area contributed by atoms with E-state index in [1.165, 1.54) is 12.1 Å². The van der Waals surface area contributed by atoms with Crippen molar-refractivity contribution in [3.05, 3.63) is 54.1 Å². The lowest BCUT2D eigenvalue weighted by atomic mass is 9.97. The van der Waals surface area contributed by atoms with E-state index < -0.39 is 34.4 Å². The average Bonchev–Trinajstić information content (AvgIpc) is 2.85. The lowest BCUT2D eigenvalue weighted by Gasteiger charge is -2.28. The van der Waals surface area contributed by atoms with Crippen molar-refractivity contribution in [2.24, 2.45) is 10.8 Å². The number of hydrogen-bond donors (Lipinski definition) is 3. The Kier molecular flexibility index (Phi) is 12.6. The fourth-order valence-corrected chi connectivity index (χ4v) is 2.99. The number of esters is 2. The van der Waals surface area contributed by atoms with Crippen LogP contribution in [0.1, 0.15) is 67.1 Å². The second-order valence-electron chi connectivity index (χ2n) is 12.1. The first kappa shape index (κ1) is 34.9. The predicted molar refractivity (Wildman–Crippen MR) is 156 cm³/mol. The lowest BCUT2D eigenvalue weighted by molar-refractivity contribution is -0.145. The number of aliphatic hydroxyl groups is 1. The number of para-hydroxylation sites is 1. The number of benzene rings is 2. The van der Waals surface area contributed by atoms with Crippen molar-refractivity contribution in [1.29, 1.82) is 0 Å². The molecule has 0 saturated carbocycles. The number of amides is 1. The van der Waals surface area contributed by atoms with Crippen LogP contribution in [-0.2, 0) is 14.4 Å². The minimum atomic E-state index is -0.971. The van der Waals surface area contributed by atoms with Gasteiger partial charge in [0.25, 0.3) is 5.91 Å². The second kappa shape index (κ2) is 14.5. The van der Waals surface area contributed by atoms with Crippen LogP contribution in [0, 0.1) is 10.8 Å². The number of carbonyl (C=O) groups is 3. The molecule has 9 nitrogen and oxygen atoms in total. The molecular weight excluding hydrogens is 536 g/mol. The Morgan fingerprint density at radius 2 is 1.38 bits per heavy atom. The summed E-state index contributed by atoms with van der Waals surface area (Å²) >= 11 is 0. The van der Waals surface area contributed by atoms with E-state index in [2.05, 4.69) is 10.6 Å². The van der Waals surface area contributed by atoms with Crippen molar-refractivity contribution in [2.75, 3.05) is 19.7 Å². The van der Waals surface area contributed by atoms with Gasteiger partial charge >= 0.3 is 11.9 Å². The van der Waals surface area contributed by atoms with Crippen molar-refractivity contribution in [3.63, 3.8) is 0 Å².